The highest BCUT2D eigenvalue weighted by molar-refractivity contribution is 5.98. The van der Waals surface area contributed by atoms with Crippen molar-refractivity contribution >= 4 is 11.6 Å². The van der Waals surface area contributed by atoms with Crippen molar-refractivity contribution in [3.63, 3.8) is 0 Å². The molecule has 1 aliphatic heterocycles. The molecule has 1 heterocycles. The zero-order valence-corrected chi connectivity index (χ0v) is 12.6. The third-order valence-electron chi connectivity index (χ3n) is 3.42. The van der Waals surface area contributed by atoms with Crippen LogP contribution in [0.25, 0.3) is 0 Å². The van der Waals surface area contributed by atoms with Crippen molar-refractivity contribution in [2.24, 2.45) is 5.73 Å². The number of nitrogens with two attached hydrogens (primary N) is 1. The second kappa shape index (κ2) is 6.89. The van der Waals surface area contributed by atoms with Crippen molar-refractivity contribution in [3.8, 4) is 5.75 Å². The predicted molar refractivity (Wildman–Crippen MR) is 81.5 cm³/mol. The average Bonchev–Trinajstić information content (AvgIpc) is 2.89. The van der Waals surface area contributed by atoms with Crippen LogP contribution in [0, 0.1) is 0 Å². The number of hydrogen-bond acceptors (Lipinski definition) is 5. The first-order valence-corrected chi connectivity index (χ1v) is 7.05. The number of anilines is 1. The standard InChI is InChI=1S/C15H23N3O3/c1-18(2)8-10-21-13-5-3-12(4-6-13)17-14(19)15(16)7-9-20-11-15/h3-6H,7-11,16H2,1-2H3,(H,17,19). The molecule has 1 amide bonds. The van der Waals surface area contributed by atoms with E-state index in [4.69, 9.17) is 15.2 Å². The molecule has 1 aromatic carbocycles. The van der Waals surface area contributed by atoms with Crippen LogP contribution < -0.4 is 15.8 Å². The summed E-state index contributed by atoms with van der Waals surface area (Å²) in [4.78, 5) is 14.2. The van der Waals surface area contributed by atoms with Gasteiger partial charge in [-0.2, -0.15) is 0 Å². The van der Waals surface area contributed by atoms with E-state index in [9.17, 15) is 4.79 Å². The van der Waals surface area contributed by atoms with Crippen molar-refractivity contribution in [2.45, 2.75) is 12.0 Å². The van der Waals surface area contributed by atoms with Crippen LogP contribution in [-0.2, 0) is 9.53 Å². The Kier molecular flexibility index (Phi) is 5.17. The third kappa shape index (κ3) is 4.42. The van der Waals surface area contributed by atoms with Crippen LogP contribution in [0.3, 0.4) is 0 Å². The minimum absolute atomic E-state index is 0.207. The minimum Gasteiger partial charge on any atom is -0.492 e. The lowest BCUT2D eigenvalue weighted by atomic mass is 9.99. The van der Waals surface area contributed by atoms with Crippen LogP contribution in [0.2, 0.25) is 0 Å². The van der Waals surface area contributed by atoms with E-state index in [2.05, 4.69) is 10.2 Å². The lowest BCUT2D eigenvalue weighted by Crippen LogP contribution is -2.51. The van der Waals surface area contributed by atoms with Crippen molar-refractivity contribution in [1.29, 1.82) is 0 Å². The summed E-state index contributed by atoms with van der Waals surface area (Å²) in [5.41, 5.74) is 5.80. The van der Waals surface area contributed by atoms with Gasteiger partial charge in [0, 0.05) is 18.8 Å². The van der Waals surface area contributed by atoms with E-state index in [1.165, 1.54) is 0 Å². The van der Waals surface area contributed by atoms with Crippen LogP contribution in [0.5, 0.6) is 5.75 Å². The maximum Gasteiger partial charge on any atom is 0.246 e. The van der Waals surface area contributed by atoms with Gasteiger partial charge >= 0.3 is 0 Å². The monoisotopic (exact) mass is 293 g/mol. The molecular formula is C15H23N3O3. The number of amides is 1. The molecule has 0 saturated carbocycles. The zero-order valence-electron chi connectivity index (χ0n) is 12.6. The highest BCUT2D eigenvalue weighted by Crippen LogP contribution is 2.20. The number of likely N-dealkylation sites (N-methyl/N-ethyl adjacent to an activating group) is 1. The smallest absolute Gasteiger partial charge is 0.246 e. The molecule has 0 bridgehead atoms. The molecule has 0 aromatic heterocycles. The van der Waals surface area contributed by atoms with E-state index in [1.54, 1.807) is 0 Å². The highest BCUT2D eigenvalue weighted by atomic mass is 16.5. The summed E-state index contributed by atoms with van der Waals surface area (Å²) in [7, 11) is 3.99. The molecule has 1 aromatic rings. The van der Waals surface area contributed by atoms with Gasteiger partial charge in [0.1, 0.15) is 17.9 Å². The van der Waals surface area contributed by atoms with Crippen LogP contribution in [-0.4, -0.2) is 56.8 Å². The molecule has 1 saturated heterocycles. The molecule has 0 radical (unpaired) electrons. The summed E-state index contributed by atoms with van der Waals surface area (Å²) in [6.07, 6.45) is 0.546. The van der Waals surface area contributed by atoms with Crippen LogP contribution in [0.1, 0.15) is 6.42 Å². The Hall–Kier alpha value is -1.63. The lowest BCUT2D eigenvalue weighted by molar-refractivity contribution is -0.121. The second-order valence-electron chi connectivity index (χ2n) is 5.59. The zero-order chi connectivity index (χ0) is 15.3. The molecule has 0 aliphatic carbocycles. The normalized spacial score (nSPS) is 21.5. The first kappa shape index (κ1) is 15.8. The fraction of sp³-hybridized carbons (Fsp3) is 0.533. The van der Waals surface area contributed by atoms with Crippen LogP contribution >= 0.6 is 0 Å². The minimum atomic E-state index is -0.916. The van der Waals surface area contributed by atoms with Crippen molar-refractivity contribution in [1.82, 2.24) is 4.90 Å². The third-order valence-corrected chi connectivity index (χ3v) is 3.42. The van der Waals surface area contributed by atoms with Gasteiger partial charge in [-0.3, -0.25) is 4.79 Å². The van der Waals surface area contributed by atoms with Gasteiger partial charge in [-0.25, -0.2) is 0 Å². The molecule has 1 aliphatic rings. The number of carbonyl (C=O) groups is 1. The van der Waals surface area contributed by atoms with E-state index in [0.717, 1.165) is 12.3 Å². The fourth-order valence-corrected chi connectivity index (χ4v) is 2.00. The maximum atomic E-state index is 12.1. The van der Waals surface area contributed by atoms with Gasteiger partial charge in [0.25, 0.3) is 0 Å². The Bertz CT molecular complexity index is 468. The fourth-order valence-electron chi connectivity index (χ4n) is 2.00. The Balaban J connectivity index is 1.86. The number of rotatable bonds is 6. The largest absolute Gasteiger partial charge is 0.492 e. The molecule has 3 N–H and O–H groups in total. The Morgan fingerprint density at radius 2 is 2.14 bits per heavy atom. The van der Waals surface area contributed by atoms with E-state index >= 15 is 0 Å². The van der Waals surface area contributed by atoms with Crippen molar-refractivity contribution in [2.75, 3.05) is 45.8 Å². The molecule has 116 valence electrons. The molecule has 1 atom stereocenters. The average molecular weight is 293 g/mol. The van der Waals surface area contributed by atoms with Crippen LogP contribution in [0.4, 0.5) is 5.69 Å². The molecule has 0 spiro atoms. The number of carbonyl (C=O) groups excluding carboxylic acids is 1. The van der Waals surface area contributed by atoms with Gasteiger partial charge < -0.3 is 25.4 Å². The van der Waals surface area contributed by atoms with Crippen molar-refractivity contribution < 1.29 is 14.3 Å². The van der Waals surface area contributed by atoms with E-state index in [-0.39, 0.29) is 12.5 Å². The molecule has 6 nitrogen and oxygen atoms in total. The SMILES string of the molecule is CN(C)CCOc1ccc(NC(=O)C2(N)CCOC2)cc1. The maximum absolute atomic E-state index is 12.1. The summed E-state index contributed by atoms with van der Waals surface area (Å²) in [5.74, 6) is 0.572. The summed E-state index contributed by atoms with van der Waals surface area (Å²) in [5, 5.41) is 2.82. The number of nitrogens with zero attached hydrogens (tertiary/aromatic N) is 1. The molecule has 1 fully saturated rings. The van der Waals surface area contributed by atoms with E-state index in [1.807, 2.05) is 38.4 Å². The summed E-state index contributed by atoms with van der Waals surface area (Å²) >= 11 is 0. The van der Waals surface area contributed by atoms with Crippen molar-refractivity contribution in [3.05, 3.63) is 24.3 Å². The number of benzene rings is 1. The Labute approximate surface area is 125 Å². The van der Waals surface area contributed by atoms with Gasteiger partial charge in [0.15, 0.2) is 0 Å². The lowest BCUT2D eigenvalue weighted by Gasteiger charge is -2.20. The highest BCUT2D eigenvalue weighted by Gasteiger charge is 2.38. The number of hydrogen-bond donors (Lipinski definition) is 2. The molecular weight excluding hydrogens is 270 g/mol. The summed E-state index contributed by atoms with van der Waals surface area (Å²) < 4.78 is 10.8. The molecule has 2 rings (SSSR count). The Morgan fingerprint density at radius 1 is 1.43 bits per heavy atom. The van der Waals surface area contributed by atoms with Gasteiger partial charge in [-0.1, -0.05) is 0 Å². The number of ether oxygens (including phenoxy) is 2. The molecule has 1 unspecified atom stereocenters. The van der Waals surface area contributed by atoms with Gasteiger partial charge in [0.05, 0.1) is 6.61 Å². The van der Waals surface area contributed by atoms with Crippen LogP contribution in [0.15, 0.2) is 24.3 Å². The first-order valence-electron chi connectivity index (χ1n) is 7.05. The van der Waals surface area contributed by atoms with Gasteiger partial charge in [-0.15, -0.1) is 0 Å². The second-order valence-corrected chi connectivity index (χ2v) is 5.59. The summed E-state index contributed by atoms with van der Waals surface area (Å²) in [6.45, 7) is 2.28. The topological polar surface area (TPSA) is 76.8 Å². The summed E-state index contributed by atoms with van der Waals surface area (Å²) in [6, 6.07) is 7.28. The Morgan fingerprint density at radius 3 is 2.71 bits per heavy atom. The first-order chi connectivity index (χ1) is 9.99. The van der Waals surface area contributed by atoms with E-state index < -0.39 is 5.54 Å². The number of nitrogens with one attached hydrogen (secondary N) is 1. The molecule has 6 heteroatoms. The van der Waals surface area contributed by atoms with Gasteiger partial charge in [-0.05, 0) is 44.8 Å². The predicted octanol–water partition coefficient (Wildman–Crippen LogP) is 0.683. The molecule has 21 heavy (non-hydrogen) atoms. The quantitative estimate of drug-likeness (QED) is 0.807. The van der Waals surface area contributed by atoms with E-state index in [0.29, 0.717) is 25.3 Å². The van der Waals surface area contributed by atoms with Gasteiger partial charge in [0.2, 0.25) is 5.91 Å².